The highest BCUT2D eigenvalue weighted by Gasteiger charge is 2.01. The summed E-state index contributed by atoms with van der Waals surface area (Å²) in [5.41, 5.74) is 7.83. The van der Waals surface area contributed by atoms with Crippen molar-refractivity contribution in [3.05, 3.63) is 33.8 Å². The molecule has 0 aliphatic heterocycles. The zero-order chi connectivity index (χ0) is 11.8. The molecule has 0 aliphatic rings. The van der Waals surface area contributed by atoms with E-state index in [-0.39, 0.29) is 0 Å². The van der Waals surface area contributed by atoms with Gasteiger partial charge >= 0.3 is 0 Å². The second-order valence-corrected chi connectivity index (χ2v) is 4.38. The molecule has 0 aliphatic carbocycles. The maximum Gasteiger partial charge on any atom is 0.0727 e. The molecule has 4 heteroatoms. The minimum Gasteiger partial charge on any atom is -0.385 e. The lowest BCUT2D eigenvalue weighted by atomic mass is 10.1. The number of rotatable bonds is 7. The Labute approximate surface area is 105 Å². The SMILES string of the molecule is COCCCOCc1ccc(CN)cc1Br. The van der Waals surface area contributed by atoms with Gasteiger partial charge in [0.05, 0.1) is 6.61 Å². The molecule has 3 nitrogen and oxygen atoms in total. The summed E-state index contributed by atoms with van der Waals surface area (Å²) in [7, 11) is 1.70. The van der Waals surface area contributed by atoms with Crippen LogP contribution in [0.2, 0.25) is 0 Å². The zero-order valence-corrected chi connectivity index (χ0v) is 11.1. The van der Waals surface area contributed by atoms with Crippen LogP contribution in [0.3, 0.4) is 0 Å². The Morgan fingerprint density at radius 1 is 1.31 bits per heavy atom. The van der Waals surface area contributed by atoms with Crippen LogP contribution >= 0.6 is 15.9 Å². The molecular weight excluding hydrogens is 270 g/mol. The lowest BCUT2D eigenvalue weighted by Gasteiger charge is -2.07. The molecule has 0 saturated heterocycles. The molecule has 0 amide bonds. The van der Waals surface area contributed by atoms with Gasteiger partial charge in [-0.05, 0) is 23.6 Å². The third-order valence-electron chi connectivity index (χ3n) is 2.25. The fourth-order valence-electron chi connectivity index (χ4n) is 1.32. The van der Waals surface area contributed by atoms with Crippen molar-refractivity contribution in [3.8, 4) is 0 Å². The average molecular weight is 288 g/mol. The maximum atomic E-state index is 5.56. The van der Waals surface area contributed by atoms with Crippen LogP contribution in [0.1, 0.15) is 17.5 Å². The maximum absolute atomic E-state index is 5.56. The van der Waals surface area contributed by atoms with Gasteiger partial charge in [-0.1, -0.05) is 28.1 Å². The van der Waals surface area contributed by atoms with Crippen molar-refractivity contribution in [1.82, 2.24) is 0 Å². The van der Waals surface area contributed by atoms with Gasteiger partial charge in [0.2, 0.25) is 0 Å². The summed E-state index contributed by atoms with van der Waals surface area (Å²) in [6.45, 7) is 2.65. The highest BCUT2D eigenvalue weighted by Crippen LogP contribution is 2.19. The first-order valence-corrected chi connectivity index (χ1v) is 6.11. The van der Waals surface area contributed by atoms with Crippen LogP contribution in [-0.4, -0.2) is 20.3 Å². The second-order valence-electron chi connectivity index (χ2n) is 3.53. The zero-order valence-electron chi connectivity index (χ0n) is 9.54. The van der Waals surface area contributed by atoms with Crippen molar-refractivity contribution in [2.75, 3.05) is 20.3 Å². The number of ether oxygens (including phenoxy) is 2. The first-order valence-electron chi connectivity index (χ1n) is 5.32. The first kappa shape index (κ1) is 13.6. The van der Waals surface area contributed by atoms with Gasteiger partial charge in [-0.3, -0.25) is 0 Å². The monoisotopic (exact) mass is 287 g/mol. The highest BCUT2D eigenvalue weighted by atomic mass is 79.9. The normalized spacial score (nSPS) is 10.7. The summed E-state index contributed by atoms with van der Waals surface area (Å²) >= 11 is 3.51. The van der Waals surface area contributed by atoms with E-state index in [0.717, 1.165) is 35.2 Å². The van der Waals surface area contributed by atoms with E-state index in [1.165, 1.54) is 0 Å². The number of nitrogens with two attached hydrogens (primary N) is 1. The Kier molecular flexibility index (Phi) is 6.64. The lowest BCUT2D eigenvalue weighted by molar-refractivity contribution is 0.0926. The molecule has 0 bridgehead atoms. The van der Waals surface area contributed by atoms with Crippen molar-refractivity contribution in [2.45, 2.75) is 19.6 Å². The third kappa shape index (κ3) is 4.61. The van der Waals surface area contributed by atoms with E-state index < -0.39 is 0 Å². The predicted molar refractivity (Wildman–Crippen MR) is 68.2 cm³/mol. The van der Waals surface area contributed by atoms with E-state index in [1.807, 2.05) is 18.2 Å². The van der Waals surface area contributed by atoms with Crippen LogP contribution in [0.4, 0.5) is 0 Å². The van der Waals surface area contributed by atoms with Crippen LogP contribution in [0.15, 0.2) is 22.7 Å². The molecule has 0 saturated carbocycles. The Bertz CT molecular complexity index is 318. The van der Waals surface area contributed by atoms with Crippen molar-refractivity contribution in [2.24, 2.45) is 5.73 Å². The number of benzene rings is 1. The van der Waals surface area contributed by atoms with E-state index in [2.05, 4.69) is 15.9 Å². The number of halogens is 1. The molecular formula is C12H18BrNO2. The van der Waals surface area contributed by atoms with Gasteiger partial charge in [-0.15, -0.1) is 0 Å². The highest BCUT2D eigenvalue weighted by molar-refractivity contribution is 9.10. The van der Waals surface area contributed by atoms with Gasteiger partial charge in [0.1, 0.15) is 0 Å². The molecule has 0 unspecified atom stereocenters. The quantitative estimate of drug-likeness (QED) is 0.784. The van der Waals surface area contributed by atoms with Crippen LogP contribution < -0.4 is 5.73 Å². The predicted octanol–water partition coefficient (Wildman–Crippen LogP) is 2.46. The van der Waals surface area contributed by atoms with Crippen LogP contribution in [0.5, 0.6) is 0 Å². The summed E-state index contributed by atoms with van der Waals surface area (Å²) in [6.07, 6.45) is 0.926. The number of hydrogen-bond acceptors (Lipinski definition) is 3. The summed E-state index contributed by atoms with van der Waals surface area (Å²) in [5.74, 6) is 0. The van der Waals surface area contributed by atoms with Crippen molar-refractivity contribution in [1.29, 1.82) is 0 Å². The Morgan fingerprint density at radius 2 is 2.12 bits per heavy atom. The molecule has 1 aromatic carbocycles. The molecule has 0 spiro atoms. The Hall–Kier alpha value is -0.420. The molecule has 1 aromatic rings. The molecule has 16 heavy (non-hydrogen) atoms. The fraction of sp³-hybridized carbons (Fsp3) is 0.500. The minimum absolute atomic E-state index is 0.563. The third-order valence-corrected chi connectivity index (χ3v) is 2.99. The molecule has 0 heterocycles. The van der Waals surface area contributed by atoms with Crippen molar-refractivity contribution >= 4 is 15.9 Å². The van der Waals surface area contributed by atoms with E-state index >= 15 is 0 Å². The van der Waals surface area contributed by atoms with E-state index in [4.69, 9.17) is 15.2 Å². The minimum atomic E-state index is 0.563. The van der Waals surface area contributed by atoms with E-state index in [0.29, 0.717) is 13.2 Å². The summed E-state index contributed by atoms with van der Waals surface area (Å²) < 4.78 is 11.5. The van der Waals surface area contributed by atoms with Gasteiger partial charge in [-0.2, -0.15) is 0 Å². The molecule has 90 valence electrons. The standard InChI is InChI=1S/C12H18BrNO2/c1-15-5-2-6-16-9-11-4-3-10(8-14)7-12(11)13/h3-4,7H,2,5-6,8-9,14H2,1H3. The van der Waals surface area contributed by atoms with Gasteiger partial charge < -0.3 is 15.2 Å². The molecule has 2 N–H and O–H groups in total. The lowest BCUT2D eigenvalue weighted by Crippen LogP contribution is -2.01. The number of methoxy groups -OCH3 is 1. The van der Waals surface area contributed by atoms with Crippen LogP contribution in [-0.2, 0) is 22.6 Å². The Balaban J connectivity index is 2.36. The van der Waals surface area contributed by atoms with Gasteiger partial charge in [0.15, 0.2) is 0 Å². The smallest absolute Gasteiger partial charge is 0.0727 e. The van der Waals surface area contributed by atoms with Gasteiger partial charge in [-0.25, -0.2) is 0 Å². The molecule has 0 aromatic heterocycles. The van der Waals surface area contributed by atoms with Crippen LogP contribution in [0.25, 0.3) is 0 Å². The summed E-state index contributed by atoms with van der Waals surface area (Å²) in [6, 6.07) is 6.11. The fourth-order valence-corrected chi connectivity index (χ4v) is 1.86. The summed E-state index contributed by atoms with van der Waals surface area (Å²) in [4.78, 5) is 0. The largest absolute Gasteiger partial charge is 0.385 e. The first-order chi connectivity index (χ1) is 7.77. The molecule has 0 fully saturated rings. The van der Waals surface area contributed by atoms with E-state index in [1.54, 1.807) is 7.11 Å². The van der Waals surface area contributed by atoms with Crippen LogP contribution in [0, 0.1) is 0 Å². The van der Waals surface area contributed by atoms with E-state index in [9.17, 15) is 0 Å². The molecule has 0 atom stereocenters. The number of hydrogen-bond donors (Lipinski definition) is 1. The molecule has 0 radical (unpaired) electrons. The summed E-state index contributed by atoms with van der Waals surface area (Å²) in [5, 5.41) is 0. The second kappa shape index (κ2) is 7.79. The van der Waals surface area contributed by atoms with Gasteiger partial charge in [0.25, 0.3) is 0 Å². The Morgan fingerprint density at radius 3 is 2.75 bits per heavy atom. The average Bonchev–Trinajstić information content (AvgIpc) is 2.30. The molecule has 1 rings (SSSR count). The van der Waals surface area contributed by atoms with Crippen molar-refractivity contribution < 1.29 is 9.47 Å². The topological polar surface area (TPSA) is 44.5 Å². The van der Waals surface area contributed by atoms with Gasteiger partial charge in [0, 0.05) is 31.3 Å². The van der Waals surface area contributed by atoms with Crippen molar-refractivity contribution in [3.63, 3.8) is 0 Å².